The summed E-state index contributed by atoms with van der Waals surface area (Å²) < 4.78 is 51.0. The van der Waals surface area contributed by atoms with Crippen LogP contribution in [-0.4, -0.2) is 32.5 Å². The second-order valence-electron chi connectivity index (χ2n) is 6.86. The van der Waals surface area contributed by atoms with Crippen molar-refractivity contribution < 1.29 is 17.6 Å². The van der Waals surface area contributed by atoms with E-state index in [1.165, 1.54) is 23.6 Å². The standard InChI is InChI=1S/C20H16F4N6S/c21-17-5-14-4-12(1-2-13(14)8-26-17)16-10-30-19(31-16)29-9-15(25)3-11-6-27-18(28-7-11)20(22,23)24/h1-2,4-8,10,15H,3,9,25H2,(H,29,30)/t15-/m0/s1. The summed E-state index contributed by atoms with van der Waals surface area (Å²) in [5.41, 5.74) is 7.48. The smallest absolute Gasteiger partial charge is 0.360 e. The molecule has 31 heavy (non-hydrogen) atoms. The minimum absolute atomic E-state index is 0.313. The van der Waals surface area contributed by atoms with Gasteiger partial charge in [0.15, 0.2) is 5.13 Å². The van der Waals surface area contributed by atoms with Crippen molar-refractivity contribution in [1.82, 2.24) is 19.9 Å². The SMILES string of the molecule is N[C@H](CNc1ncc(-c2ccc3cnc(F)cc3c2)s1)Cc1cnc(C(F)(F)F)nc1. The monoisotopic (exact) mass is 448 g/mol. The third kappa shape index (κ3) is 5.12. The van der Waals surface area contributed by atoms with Gasteiger partial charge in [-0.15, -0.1) is 0 Å². The lowest BCUT2D eigenvalue weighted by molar-refractivity contribution is -0.145. The fraction of sp³-hybridized carbons (Fsp3) is 0.200. The van der Waals surface area contributed by atoms with Crippen molar-refractivity contribution in [2.75, 3.05) is 11.9 Å². The molecule has 0 radical (unpaired) electrons. The molecule has 0 fully saturated rings. The molecule has 1 aromatic carbocycles. The van der Waals surface area contributed by atoms with Crippen LogP contribution in [0.25, 0.3) is 21.2 Å². The third-order valence-electron chi connectivity index (χ3n) is 4.45. The number of nitrogens with one attached hydrogen (secondary N) is 1. The van der Waals surface area contributed by atoms with E-state index in [1.54, 1.807) is 6.20 Å². The Labute approximate surface area is 178 Å². The molecule has 0 bridgehead atoms. The molecule has 160 valence electrons. The van der Waals surface area contributed by atoms with Gasteiger partial charge < -0.3 is 11.1 Å². The van der Waals surface area contributed by atoms with Gasteiger partial charge in [-0.05, 0) is 29.0 Å². The number of rotatable bonds is 6. The Kier molecular flexibility index (Phi) is 5.79. The summed E-state index contributed by atoms with van der Waals surface area (Å²) in [6.07, 6.45) is 1.21. The molecule has 4 rings (SSSR count). The van der Waals surface area contributed by atoms with Gasteiger partial charge in [0.2, 0.25) is 11.8 Å². The molecule has 1 atom stereocenters. The number of thiazole rings is 1. The molecular weight excluding hydrogens is 432 g/mol. The van der Waals surface area contributed by atoms with E-state index in [0.717, 1.165) is 33.6 Å². The van der Waals surface area contributed by atoms with Gasteiger partial charge in [-0.1, -0.05) is 23.5 Å². The maximum Gasteiger partial charge on any atom is 0.451 e. The molecule has 0 aliphatic rings. The third-order valence-corrected chi connectivity index (χ3v) is 5.45. The number of fused-ring (bicyclic) bond motifs is 1. The summed E-state index contributed by atoms with van der Waals surface area (Å²) in [6, 6.07) is 6.65. The Morgan fingerprint density at radius 2 is 1.74 bits per heavy atom. The Morgan fingerprint density at radius 1 is 0.968 bits per heavy atom. The van der Waals surface area contributed by atoms with Gasteiger partial charge in [-0.25, -0.2) is 19.9 Å². The normalized spacial score (nSPS) is 12.8. The van der Waals surface area contributed by atoms with Crippen LogP contribution in [0.15, 0.2) is 49.1 Å². The number of hydrogen-bond acceptors (Lipinski definition) is 7. The first kappa shape index (κ1) is 21.1. The second kappa shape index (κ2) is 8.52. The number of halogens is 4. The summed E-state index contributed by atoms with van der Waals surface area (Å²) >= 11 is 1.41. The van der Waals surface area contributed by atoms with Gasteiger partial charge >= 0.3 is 6.18 Å². The molecule has 0 amide bonds. The van der Waals surface area contributed by atoms with Crippen LogP contribution in [0.1, 0.15) is 11.4 Å². The van der Waals surface area contributed by atoms with Crippen LogP contribution in [0.2, 0.25) is 0 Å². The van der Waals surface area contributed by atoms with Crippen molar-refractivity contribution >= 4 is 27.2 Å². The summed E-state index contributed by atoms with van der Waals surface area (Å²) in [4.78, 5) is 15.5. The molecule has 0 aliphatic heterocycles. The zero-order valence-corrected chi connectivity index (χ0v) is 16.7. The highest BCUT2D eigenvalue weighted by Crippen LogP contribution is 2.31. The van der Waals surface area contributed by atoms with E-state index in [2.05, 4.69) is 25.3 Å². The Balaban J connectivity index is 1.37. The quantitative estimate of drug-likeness (QED) is 0.338. The highest BCUT2D eigenvalue weighted by Gasteiger charge is 2.34. The number of alkyl halides is 3. The molecule has 3 heterocycles. The molecule has 0 saturated heterocycles. The van der Waals surface area contributed by atoms with Crippen LogP contribution in [0, 0.1) is 5.95 Å². The number of aromatic nitrogens is 4. The van der Waals surface area contributed by atoms with Crippen LogP contribution in [0.4, 0.5) is 22.7 Å². The minimum Gasteiger partial charge on any atom is -0.360 e. The average molecular weight is 448 g/mol. The van der Waals surface area contributed by atoms with Gasteiger partial charge in [0.1, 0.15) is 0 Å². The zero-order chi connectivity index (χ0) is 22.0. The van der Waals surface area contributed by atoms with Crippen molar-refractivity contribution in [3.63, 3.8) is 0 Å². The molecular formula is C20H16F4N6S. The maximum absolute atomic E-state index is 13.4. The van der Waals surface area contributed by atoms with Crippen molar-refractivity contribution in [2.24, 2.45) is 5.73 Å². The second-order valence-corrected chi connectivity index (χ2v) is 7.89. The van der Waals surface area contributed by atoms with Crippen LogP contribution in [0.3, 0.4) is 0 Å². The van der Waals surface area contributed by atoms with E-state index in [4.69, 9.17) is 5.73 Å². The first-order valence-electron chi connectivity index (χ1n) is 9.17. The summed E-state index contributed by atoms with van der Waals surface area (Å²) in [6.45, 7) is 0.364. The first-order chi connectivity index (χ1) is 14.8. The van der Waals surface area contributed by atoms with Crippen molar-refractivity contribution in [2.45, 2.75) is 18.6 Å². The first-order valence-corrected chi connectivity index (χ1v) is 9.98. The topological polar surface area (TPSA) is 89.6 Å². The molecule has 0 spiro atoms. The lowest BCUT2D eigenvalue weighted by atomic mass is 10.1. The highest BCUT2D eigenvalue weighted by molar-refractivity contribution is 7.18. The Bertz CT molecular complexity index is 1190. The van der Waals surface area contributed by atoms with Crippen LogP contribution in [0.5, 0.6) is 0 Å². The van der Waals surface area contributed by atoms with E-state index in [-0.39, 0.29) is 6.04 Å². The van der Waals surface area contributed by atoms with Gasteiger partial charge in [0.05, 0.1) is 4.88 Å². The lowest BCUT2D eigenvalue weighted by Crippen LogP contribution is -2.31. The molecule has 11 heteroatoms. The molecule has 0 saturated carbocycles. The van der Waals surface area contributed by atoms with Crippen molar-refractivity contribution in [3.05, 3.63) is 66.4 Å². The fourth-order valence-corrected chi connectivity index (χ4v) is 3.78. The molecule has 3 aromatic heterocycles. The molecule has 0 unspecified atom stereocenters. The van der Waals surface area contributed by atoms with E-state index >= 15 is 0 Å². The Morgan fingerprint density at radius 3 is 2.48 bits per heavy atom. The van der Waals surface area contributed by atoms with Crippen LogP contribution < -0.4 is 11.1 Å². The largest absolute Gasteiger partial charge is 0.451 e. The van der Waals surface area contributed by atoms with Crippen molar-refractivity contribution in [1.29, 1.82) is 0 Å². The average Bonchev–Trinajstić information content (AvgIpc) is 3.20. The van der Waals surface area contributed by atoms with Crippen LogP contribution >= 0.6 is 11.3 Å². The van der Waals surface area contributed by atoms with E-state index in [9.17, 15) is 17.6 Å². The molecule has 6 nitrogen and oxygen atoms in total. The van der Waals surface area contributed by atoms with Gasteiger partial charge in [-0.2, -0.15) is 17.6 Å². The number of anilines is 1. The number of hydrogen-bond donors (Lipinski definition) is 2. The van der Waals surface area contributed by atoms with Gasteiger partial charge in [0.25, 0.3) is 0 Å². The highest BCUT2D eigenvalue weighted by atomic mass is 32.1. The molecule has 4 aromatic rings. The number of nitrogens with zero attached hydrogens (tertiary/aromatic N) is 4. The van der Waals surface area contributed by atoms with Gasteiger partial charge in [-0.3, -0.25) is 0 Å². The predicted octanol–water partition coefficient (Wildman–Crippen LogP) is 4.29. The summed E-state index contributed by atoms with van der Waals surface area (Å²) in [5.74, 6) is -1.71. The van der Waals surface area contributed by atoms with Crippen molar-refractivity contribution in [3.8, 4) is 10.4 Å². The summed E-state index contributed by atoms with van der Waals surface area (Å²) in [7, 11) is 0. The lowest BCUT2D eigenvalue weighted by Gasteiger charge is -2.12. The predicted molar refractivity (Wildman–Crippen MR) is 110 cm³/mol. The maximum atomic E-state index is 13.4. The minimum atomic E-state index is -4.57. The fourth-order valence-electron chi connectivity index (χ4n) is 2.96. The molecule has 3 N–H and O–H groups in total. The van der Waals surface area contributed by atoms with E-state index < -0.39 is 17.9 Å². The van der Waals surface area contributed by atoms with E-state index in [1.807, 2.05) is 18.2 Å². The zero-order valence-electron chi connectivity index (χ0n) is 15.9. The van der Waals surface area contributed by atoms with Gasteiger partial charge in [0, 0.05) is 48.8 Å². The van der Waals surface area contributed by atoms with E-state index in [0.29, 0.717) is 23.7 Å². The summed E-state index contributed by atoms with van der Waals surface area (Å²) in [5, 5.41) is 5.36. The number of pyridine rings is 1. The number of benzene rings is 1. The van der Waals surface area contributed by atoms with Crippen LogP contribution in [-0.2, 0) is 12.6 Å². The molecule has 0 aliphatic carbocycles. The number of nitrogens with two attached hydrogens (primary N) is 1. The Hall–Kier alpha value is -3.18.